The van der Waals surface area contributed by atoms with Crippen molar-refractivity contribution >= 4 is 5.95 Å². The summed E-state index contributed by atoms with van der Waals surface area (Å²) < 4.78 is 12.8. The van der Waals surface area contributed by atoms with E-state index in [1.54, 1.807) is 12.1 Å². The fourth-order valence-electron chi connectivity index (χ4n) is 1.50. The highest BCUT2D eigenvalue weighted by molar-refractivity contribution is 5.55. The van der Waals surface area contributed by atoms with Crippen molar-refractivity contribution in [1.82, 2.24) is 15.0 Å². The predicted molar refractivity (Wildman–Crippen MR) is 63.6 cm³/mol. The third-order valence-corrected chi connectivity index (χ3v) is 2.28. The molecule has 0 atom stereocenters. The average Bonchev–Trinajstić information content (AvgIpc) is 2.29. The highest BCUT2D eigenvalue weighted by Crippen LogP contribution is 2.16. The van der Waals surface area contributed by atoms with E-state index >= 15 is 0 Å². The molecule has 1 heterocycles. The molecule has 0 aliphatic rings. The quantitative estimate of drug-likeness (QED) is 0.881. The van der Waals surface area contributed by atoms with Crippen LogP contribution in [0, 0.1) is 5.82 Å². The lowest BCUT2D eigenvalue weighted by atomic mass is 10.2. The molecule has 0 aliphatic carbocycles. The number of nitrogen functional groups attached to an aromatic ring is 1. The van der Waals surface area contributed by atoms with Gasteiger partial charge < -0.3 is 5.73 Å². The van der Waals surface area contributed by atoms with Crippen LogP contribution in [0.1, 0.15) is 19.2 Å². The minimum absolute atomic E-state index is 0.197. The SMILES string of the molecule is CCCc1nc(N)nc(-c2ccc(F)cc2)n1. The van der Waals surface area contributed by atoms with Crippen molar-refractivity contribution in [2.24, 2.45) is 0 Å². The number of aromatic nitrogens is 3. The molecule has 0 spiro atoms. The van der Waals surface area contributed by atoms with Crippen LogP contribution in [0.3, 0.4) is 0 Å². The van der Waals surface area contributed by atoms with Crippen molar-refractivity contribution in [2.45, 2.75) is 19.8 Å². The maximum Gasteiger partial charge on any atom is 0.223 e. The number of aryl methyl sites for hydroxylation is 1. The molecule has 88 valence electrons. The summed E-state index contributed by atoms with van der Waals surface area (Å²) in [6, 6.07) is 5.99. The molecule has 0 radical (unpaired) electrons. The van der Waals surface area contributed by atoms with Crippen LogP contribution in [0.4, 0.5) is 10.3 Å². The lowest BCUT2D eigenvalue weighted by Crippen LogP contribution is -2.04. The Morgan fingerprint density at radius 3 is 2.47 bits per heavy atom. The van der Waals surface area contributed by atoms with Gasteiger partial charge in [-0.1, -0.05) is 6.92 Å². The molecule has 4 nitrogen and oxygen atoms in total. The Morgan fingerprint density at radius 1 is 1.12 bits per heavy atom. The van der Waals surface area contributed by atoms with E-state index in [0.29, 0.717) is 11.6 Å². The van der Waals surface area contributed by atoms with E-state index in [2.05, 4.69) is 15.0 Å². The second-order valence-corrected chi connectivity index (χ2v) is 3.69. The molecule has 2 aromatic rings. The number of nitrogens with two attached hydrogens (primary N) is 1. The van der Waals surface area contributed by atoms with Crippen LogP contribution in [0.25, 0.3) is 11.4 Å². The first-order chi connectivity index (χ1) is 8.19. The number of rotatable bonds is 3. The summed E-state index contributed by atoms with van der Waals surface area (Å²) in [6.45, 7) is 2.04. The van der Waals surface area contributed by atoms with E-state index in [9.17, 15) is 4.39 Å². The molecule has 0 bridgehead atoms. The summed E-state index contributed by atoms with van der Waals surface area (Å²) in [7, 11) is 0. The maximum atomic E-state index is 12.8. The molecular formula is C12H13FN4. The minimum Gasteiger partial charge on any atom is -0.368 e. The van der Waals surface area contributed by atoms with E-state index < -0.39 is 0 Å². The van der Waals surface area contributed by atoms with Crippen LogP contribution < -0.4 is 5.73 Å². The van der Waals surface area contributed by atoms with E-state index in [0.717, 1.165) is 18.4 Å². The van der Waals surface area contributed by atoms with Crippen LogP contribution >= 0.6 is 0 Å². The third kappa shape index (κ3) is 2.75. The topological polar surface area (TPSA) is 64.7 Å². The van der Waals surface area contributed by atoms with Gasteiger partial charge in [0.2, 0.25) is 5.95 Å². The highest BCUT2D eigenvalue weighted by atomic mass is 19.1. The third-order valence-electron chi connectivity index (χ3n) is 2.28. The maximum absolute atomic E-state index is 12.8. The van der Waals surface area contributed by atoms with Gasteiger partial charge in [-0.3, -0.25) is 0 Å². The van der Waals surface area contributed by atoms with Gasteiger partial charge in [0.25, 0.3) is 0 Å². The Hall–Kier alpha value is -2.04. The van der Waals surface area contributed by atoms with Crippen molar-refractivity contribution in [3.8, 4) is 11.4 Å². The average molecular weight is 232 g/mol. The van der Waals surface area contributed by atoms with Gasteiger partial charge in [-0.2, -0.15) is 9.97 Å². The van der Waals surface area contributed by atoms with E-state index in [4.69, 9.17) is 5.73 Å². The van der Waals surface area contributed by atoms with Crippen molar-refractivity contribution in [3.63, 3.8) is 0 Å². The Balaban J connectivity index is 2.40. The van der Waals surface area contributed by atoms with E-state index in [1.165, 1.54) is 12.1 Å². The van der Waals surface area contributed by atoms with Crippen molar-refractivity contribution in [2.75, 3.05) is 5.73 Å². The molecule has 5 heteroatoms. The Labute approximate surface area is 98.7 Å². The summed E-state index contributed by atoms with van der Waals surface area (Å²) in [5.74, 6) is 1.06. The molecule has 0 unspecified atom stereocenters. The van der Waals surface area contributed by atoms with Crippen LogP contribution in [-0.4, -0.2) is 15.0 Å². The normalized spacial score (nSPS) is 10.5. The summed E-state index contributed by atoms with van der Waals surface area (Å²) in [5.41, 5.74) is 6.35. The summed E-state index contributed by atoms with van der Waals surface area (Å²) in [6.07, 6.45) is 1.69. The first-order valence-corrected chi connectivity index (χ1v) is 5.45. The van der Waals surface area contributed by atoms with Gasteiger partial charge in [0, 0.05) is 12.0 Å². The number of anilines is 1. The first-order valence-electron chi connectivity index (χ1n) is 5.45. The van der Waals surface area contributed by atoms with Gasteiger partial charge in [-0.05, 0) is 30.7 Å². The zero-order valence-electron chi connectivity index (χ0n) is 9.52. The first kappa shape index (κ1) is 11.4. The molecule has 1 aromatic heterocycles. The minimum atomic E-state index is -0.287. The zero-order chi connectivity index (χ0) is 12.3. The molecule has 0 aliphatic heterocycles. The second kappa shape index (κ2) is 4.86. The molecule has 0 fully saturated rings. The molecular weight excluding hydrogens is 219 g/mol. The zero-order valence-corrected chi connectivity index (χ0v) is 9.52. The molecule has 0 saturated carbocycles. The molecule has 2 N–H and O–H groups in total. The predicted octanol–water partition coefficient (Wildman–Crippen LogP) is 2.21. The van der Waals surface area contributed by atoms with Crippen LogP contribution in [-0.2, 0) is 6.42 Å². The Kier molecular flexibility index (Phi) is 3.27. The fraction of sp³-hybridized carbons (Fsp3) is 0.250. The lowest BCUT2D eigenvalue weighted by molar-refractivity contribution is 0.628. The summed E-state index contributed by atoms with van der Waals surface area (Å²) in [4.78, 5) is 12.4. The van der Waals surface area contributed by atoms with Crippen molar-refractivity contribution < 1.29 is 4.39 Å². The van der Waals surface area contributed by atoms with Gasteiger partial charge >= 0.3 is 0 Å². The summed E-state index contributed by atoms with van der Waals surface area (Å²) >= 11 is 0. The number of nitrogens with zero attached hydrogens (tertiary/aromatic N) is 3. The molecule has 2 rings (SSSR count). The standard InChI is InChI=1S/C12H13FN4/c1-2-3-10-15-11(17-12(14)16-10)8-4-6-9(13)7-5-8/h4-7H,2-3H2,1H3,(H2,14,15,16,17). The number of hydrogen-bond acceptors (Lipinski definition) is 4. The van der Waals surface area contributed by atoms with Gasteiger partial charge in [0.1, 0.15) is 11.6 Å². The van der Waals surface area contributed by atoms with E-state index in [-0.39, 0.29) is 11.8 Å². The number of halogens is 1. The van der Waals surface area contributed by atoms with Crippen LogP contribution in [0.2, 0.25) is 0 Å². The molecule has 0 amide bonds. The van der Waals surface area contributed by atoms with Gasteiger partial charge in [0.05, 0.1) is 0 Å². The van der Waals surface area contributed by atoms with Crippen LogP contribution in [0.15, 0.2) is 24.3 Å². The number of hydrogen-bond donors (Lipinski definition) is 1. The smallest absolute Gasteiger partial charge is 0.223 e. The molecule has 0 saturated heterocycles. The molecule has 1 aromatic carbocycles. The molecule has 17 heavy (non-hydrogen) atoms. The number of benzene rings is 1. The second-order valence-electron chi connectivity index (χ2n) is 3.69. The van der Waals surface area contributed by atoms with Crippen molar-refractivity contribution in [3.05, 3.63) is 35.9 Å². The summed E-state index contributed by atoms with van der Waals surface area (Å²) in [5, 5.41) is 0. The largest absolute Gasteiger partial charge is 0.368 e. The van der Waals surface area contributed by atoms with Crippen molar-refractivity contribution in [1.29, 1.82) is 0 Å². The van der Waals surface area contributed by atoms with Gasteiger partial charge in [-0.15, -0.1) is 0 Å². The fourth-order valence-corrected chi connectivity index (χ4v) is 1.50. The van der Waals surface area contributed by atoms with Gasteiger partial charge in [-0.25, -0.2) is 9.37 Å². The van der Waals surface area contributed by atoms with Crippen LogP contribution in [0.5, 0.6) is 0 Å². The lowest BCUT2D eigenvalue weighted by Gasteiger charge is -2.04. The van der Waals surface area contributed by atoms with Gasteiger partial charge in [0.15, 0.2) is 5.82 Å². The Bertz CT molecular complexity index is 510. The van der Waals surface area contributed by atoms with E-state index in [1.807, 2.05) is 6.92 Å². The Morgan fingerprint density at radius 2 is 1.82 bits per heavy atom. The monoisotopic (exact) mass is 232 g/mol. The highest BCUT2D eigenvalue weighted by Gasteiger charge is 2.06.